The highest BCUT2D eigenvalue weighted by Gasteiger charge is 2.19. The molecular formula is C24H18N4. The van der Waals surface area contributed by atoms with Crippen molar-refractivity contribution >= 4 is 10.8 Å². The molecule has 28 heavy (non-hydrogen) atoms. The first-order valence-corrected chi connectivity index (χ1v) is 9.00. The number of benzene rings is 3. The van der Waals surface area contributed by atoms with E-state index in [1.807, 2.05) is 80.3 Å². The third kappa shape index (κ3) is 2.64. The van der Waals surface area contributed by atoms with Gasteiger partial charge in [0.05, 0.1) is 41.0 Å². The normalized spacial score (nSPS) is 10.6. The van der Waals surface area contributed by atoms with Crippen LogP contribution in [0.4, 0.5) is 0 Å². The second-order valence-electron chi connectivity index (χ2n) is 6.97. The maximum atomic E-state index is 9.47. The van der Waals surface area contributed by atoms with Gasteiger partial charge in [-0.3, -0.25) is 0 Å². The lowest BCUT2D eigenvalue weighted by Gasteiger charge is -2.14. The van der Waals surface area contributed by atoms with Crippen LogP contribution >= 0.6 is 0 Å². The van der Waals surface area contributed by atoms with Crippen LogP contribution < -0.4 is 0 Å². The van der Waals surface area contributed by atoms with Crippen molar-refractivity contribution in [1.82, 2.24) is 9.55 Å². The highest BCUT2D eigenvalue weighted by molar-refractivity contribution is 6.01. The largest absolute Gasteiger partial charge is 0.333 e. The first-order valence-electron chi connectivity index (χ1n) is 9.00. The lowest BCUT2D eigenvalue weighted by Crippen LogP contribution is -1.97. The lowest BCUT2D eigenvalue weighted by molar-refractivity contribution is 0.922. The summed E-state index contributed by atoms with van der Waals surface area (Å²) in [5.74, 6) is 0. The van der Waals surface area contributed by atoms with Crippen LogP contribution in [0.15, 0.2) is 54.9 Å². The van der Waals surface area contributed by atoms with E-state index in [2.05, 4.69) is 12.1 Å². The van der Waals surface area contributed by atoms with Crippen molar-refractivity contribution in [2.24, 2.45) is 7.05 Å². The monoisotopic (exact) mass is 362 g/mol. The lowest BCUT2D eigenvalue weighted by atomic mass is 9.92. The summed E-state index contributed by atoms with van der Waals surface area (Å²) in [6.07, 6.45) is 1.81. The zero-order valence-electron chi connectivity index (χ0n) is 16.0. The summed E-state index contributed by atoms with van der Waals surface area (Å²) in [5.41, 5.74) is 7.32. The van der Waals surface area contributed by atoms with Crippen LogP contribution in [0.25, 0.3) is 33.3 Å². The third-order valence-electron chi connectivity index (χ3n) is 5.14. The Morgan fingerprint density at radius 3 is 2.21 bits per heavy atom. The van der Waals surface area contributed by atoms with E-state index < -0.39 is 0 Å². The molecule has 4 nitrogen and oxygen atoms in total. The molecule has 134 valence electrons. The molecule has 4 rings (SSSR count). The number of hydrogen-bond donors (Lipinski definition) is 0. The minimum Gasteiger partial charge on any atom is -0.333 e. The molecule has 0 bridgehead atoms. The SMILES string of the molecule is Cc1cc(C#N)cc(C)c1-c1ncn(C)c1-c1ccc(C#N)c2ccccc12. The fourth-order valence-corrected chi connectivity index (χ4v) is 3.94. The molecule has 3 aromatic carbocycles. The number of rotatable bonds is 2. The Kier molecular flexibility index (Phi) is 4.18. The molecule has 0 amide bonds. The maximum Gasteiger partial charge on any atom is 0.0998 e. The van der Waals surface area contributed by atoms with E-state index in [9.17, 15) is 10.5 Å². The molecule has 0 unspecified atom stereocenters. The second kappa shape index (κ2) is 6.68. The molecule has 1 aromatic heterocycles. The Hall–Kier alpha value is -3.89. The van der Waals surface area contributed by atoms with Crippen molar-refractivity contribution in [3.63, 3.8) is 0 Å². The summed E-state index contributed by atoms with van der Waals surface area (Å²) in [5, 5.41) is 20.7. The van der Waals surface area contributed by atoms with Crippen molar-refractivity contribution in [3.8, 4) is 34.7 Å². The quantitative estimate of drug-likeness (QED) is 0.488. The number of aromatic nitrogens is 2. The van der Waals surface area contributed by atoms with Gasteiger partial charge in [-0.25, -0.2) is 4.98 Å². The molecule has 0 saturated heterocycles. The Morgan fingerprint density at radius 2 is 1.57 bits per heavy atom. The molecule has 4 aromatic rings. The molecule has 0 aliphatic rings. The highest BCUT2D eigenvalue weighted by Crippen LogP contribution is 2.38. The van der Waals surface area contributed by atoms with Gasteiger partial charge in [-0.05, 0) is 48.6 Å². The molecule has 0 radical (unpaired) electrons. The summed E-state index contributed by atoms with van der Waals surface area (Å²) in [4.78, 5) is 4.70. The van der Waals surface area contributed by atoms with Crippen LogP contribution in [-0.2, 0) is 7.05 Å². The van der Waals surface area contributed by atoms with Crippen LogP contribution in [0.2, 0.25) is 0 Å². The van der Waals surface area contributed by atoms with Gasteiger partial charge in [-0.1, -0.05) is 30.3 Å². The minimum atomic E-state index is 0.653. The highest BCUT2D eigenvalue weighted by atomic mass is 15.0. The van der Waals surface area contributed by atoms with E-state index in [1.165, 1.54) is 0 Å². The van der Waals surface area contributed by atoms with Gasteiger partial charge in [-0.15, -0.1) is 0 Å². The summed E-state index contributed by atoms with van der Waals surface area (Å²) < 4.78 is 2.01. The molecular weight excluding hydrogens is 344 g/mol. The Balaban J connectivity index is 2.05. The van der Waals surface area contributed by atoms with Crippen molar-refractivity contribution in [1.29, 1.82) is 10.5 Å². The van der Waals surface area contributed by atoms with Crippen LogP contribution in [0.3, 0.4) is 0 Å². The third-order valence-corrected chi connectivity index (χ3v) is 5.14. The number of imidazole rings is 1. The Bertz CT molecular complexity index is 1290. The van der Waals surface area contributed by atoms with Crippen LogP contribution in [0.5, 0.6) is 0 Å². The van der Waals surface area contributed by atoms with Gasteiger partial charge in [0.1, 0.15) is 0 Å². The molecule has 1 heterocycles. The summed E-state index contributed by atoms with van der Waals surface area (Å²) in [7, 11) is 1.98. The number of aryl methyl sites for hydroxylation is 3. The number of fused-ring (bicyclic) bond motifs is 1. The van der Waals surface area contributed by atoms with Gasteiger partial charge in [0.25, 0.3) is 0 Å². The average Bonchev–Trinajstić information content (AvgIpc) is 3.07. The van der Waals surface area contributed by atoms with Crippen LogP contribution in [-0.4, -0.2) is 9.55 Å². The van der Waals surface area contributed by atoms with E-state index in [-0.39, 0.29) is 0 Å². The molecule has 0 spiro atoms. The fourth-order valence-electron chi connectivity index (χ4n) is 3.94. The van der Waals surface area contributed by atoms with Crippen molar-refractivity contribution in [2.45, 2.75) is 13.8 Å². The zero-order chi connectivity index (χ0) is 19.8. The summed E-state index contributed by atoms with van der Waals surface area (Å²) in [6, 6.07) is 20.1. The van der Waals surface area contributed by atoms with Crippen LogP contribution in [0, 0.1) is 36.5 Å². The molecule has 0 fully saturated rings. The number of hydrogen-bond acceptors (Lipinski definition) is 3. The summed E-state index contributed by atoms with van der Waals surface area (Å²) >= 11 is 0. The van der Waals surface area contributed by atoms with Crippen LogP contribution in [0.1, 0.15) is 22.3 Å². The topological polar surface area (TPSA) is 65.4 Å². The standard InChI is InChI=1S/C24H18N4/c1-15-10-17(12-25)11-16(2)22(15)23-24(28(3)14-27-23)21-9-8-18(13-26)19-6-4-5-7-20(19)21/h4-11,14H,1-3H3. The minimum absolute atomic E-state index is 0.653. The van der Waals surface area contributed by atoms with Gasteiger partial charge in [0, 0.05) is 23.6 Å². The average molecular weight is 362 g/mol. The molecule has 0 saturated carbocycles. The molecule has 0 N–H and O–H groups in total. The first kappa shape index (κ1) is 17.5. The van der Waals surface area contributed by atoms with Gasteiger partial charge >= 0.3 is 0 Å². The van der Waals surface area contributed by atoms with E-state index in [4.69, 9.17) is 4.98 Å². The zero-order valence-corrected chi connectivity index (χ0v) is 16.0. The first-order chi connectivity index (χ1) is 13.5. The Morgan fingerprint density at radius 1 is 0.893 bits per heavy atom. The van der Waals surface area contributed by atoms with E-state index in [0.717, 1.165) is 44.4 Å². The van der Waals surface area contributed by atoms with Gasteiger partial charge in [-0.2, -0.15) is 10.5 Å². The molecule has 4 heteroatoms. The second-order valence-corrected chi connectivity index (χ2v) is 6.97. The van der Waals surface area contributed by atoms with Crippen molar-refractivity contribution in [2.75, 3.05) is 0 Å². The maximum absolute atomic E-state index is 9.47. The fraction of sp³-hybridized carbons (Fsp3) is 0.125. The van der Waals surface area contributed by atoms with Gasteiger partial charge < -0.3 is 4.57 Å². The predicted molar refractivity (Wildman–Crippen MR) is 110 cm³/mol. The number of nitrogens with zero attached hydrogens (tertiary/aromatic N) is 4. The van der Waals surface area contributed by atoms with Crippen molar-refractivity contribution < 1.29 is 0 Å². The van der Waals surface area contributed by atoms with Gasteiger partial charge in [0.15, 0.2) is 0 Å². The molecule has 0 aliphatic heterocycles. The molecule has 0 aliphatic carbocycles. The van der Waals surface area contributed by atoms with E-state index in [0.29, 0.717) is 11.1 Å². The van der Waals surface area contributed by atoms with E-state index in [1.54, 1.807) is 0 Å². The Labute approximate surface area is 163 Å². The van der Waals surface area contributed by atoms with E-state index >= 15 is 0 Å². The summed E-state index contributed by atoms with van der Waals surface area (Å²) in [6.45, 7) is 4.02. The van der Waals surface area contributed by atoms with Crippen molar-refractivity contribution in [3.05, 3.63) is 77.1 Å². The smallest absolute Gasteiger partial charge is 0.0998 e. The van der Waals surface area contributed by atoms with Gasteiger partial charge in [0.2, 0.25) is 0 Å². The number of nitriles is 2. The predicted octanol–water partition coefficient (Wildman–Crippen LogP) is 5.27. The molecule has 0 atom stereocenters.